The number of hydrogen-bond donors (Lipinski definition) is 2. The molecule has 1 saturated heterocycles. The van der Waals surface area contributed by atoms with Crippen LogP contribution in [-0.4, -0.2) is 27.7 Å². The summed E-state index contributed by atoms with van der Waals surface area (Å²) in [5.74, 6) is -2.99. The van der Waals surface area contributed by atoms with E-state index in [9.17, 15) is 23.2 Å². The second-order valence-electron chi connectivity index (χ2n) is 7.90. The summed E-state index contributed by atoms with van der Waals surface area (Å²) in [6.45, 7) is 3.27. The van der Waals surface area contributed by atoms with Crippen molar-refractivity contribution >= 4 is 34.9 Å². The third-order valence-corrected chi connectivity index (χ3v) is 6.24. The number of amides is 4. The predicted molar refractivity (Wildman–Crippen MR) is 118 cm³/mol. The van der Waals surface area contributed by atoms with Crippen molar-refractivity contribution in [2.45, 2.75) is 32.4 Å². The second kappa shape index (κ2) is 8.70. The lowest BCUT2D eigenvalue weighted by molar-refractivity contribution is -0.131. The van der Waals surface area contributed by atoms with Crippen LogP contribution in [0.4, 0.5) is 19.3 Å². The minimum absolute atomic E-state index is 0.0469. The van der Waals surface area contributed by atoms with Crippen molar-refractivity contribution in [2.24, 2.45) is 0 Å². The van der Waals surface area contributed by atoms with Crippen molar-refractivity contribution in [1.29, 1.82) is 0 Å². The molecule has 2 N–H and O–H groups in total. The first-order chi connectivity index (χ1) is 15.7. The van der Waals surface area contributed by atoms with Gasteiger partial charge in [-0.25, -0.2) is 18.6 Å². The molecule has 0 saturated carbocycles. The Hall–Kier alpha value is -3.66. The van der Waals surface area contributed by atoms with Crippen LogP contribution in [0.2, 0.25) is 0 Å². The van der Waals surface area contributed by atoms with Gasteiger partial charge in [0, 0.05) is 11.1 Å². The second-order valence-corrected chi connectivity index (χ2v) is 8.84. The van der Waals surface area contributed by atoms with Crippen molar-refractivity contribution in [2.75, 3.05) is 5.32 Å². The van der Waals surface area contributed by atoms with Crippen molar-refractivity contribution < 1.29 is 23.2 Å². The van der Waals surface area contributed by atoms with E-state index in [1.807, 2.05) is 31.2 Å². The van der Waals surface area contributed by atoms with E-state index in [2.05, 4.69) is 15.6 Å². The number of aromatic nitrogens is 1. The molecule has 4 rings (SSSR count). The van der Waals surface area contributed by atoms with Gasteiger partial charge in [-0.2, -0.15) is 0 Å². The average Bonchev–Trinajstić information content (AvgIpc) is 3.29. The Labute approximate surface area is 192 Å². The topological polar surface area (TPSA) is 91.4 Å². The monoisotopic (exact) mass is 470 g/mol. The third-order valence-electron chi connectivity index (χ3n) is 5.34. The first kappa shape index (κ1) is 22.5. The standard InChI is InChI=1S/C23H20F2N4O3S/c1-13-3-6-15(7-4-13)26-19(30)10-20-27-16(12-33-20)11-29-21(31)23(2,28-22(29)32)14-5-8-17(24)18(25)9-14/h3-9,12H,10-11H2,1-2H3,(H,26,30)(H,28,32). The van der Waals surface area contributed by atoms with E-state index in [1.165, 1.54) is 24.3 Å². The molecule has 0 bridgehead atoms. The Morgan fingerprint density at radius 1 is 1.15 bits per heavy atom. The largest absolute Gasteiger partial charge is 0.326 e. The van der Waals surface area contributed by atoms with Gasteiger partial charge >= 0.3 is 6.03 Å². The zero-order valence-corrected chi connectivity index (χ0v) is 18.6. The summed E-state index contributed by atoms with van der Waals surface area (Å²) in [5.41, 5.74) is 0.806. The number of anilines is 1. The molecular weight excluding hydrogens is 450 g/mol. The molecule has 33 heavy (non-hydrogen) atoms. The summed E-state index contributed by atoms with van der Waals surface area (Å²) >= 11 is 1.24. The summed E-state index contributed by atoms with van der Waals surface area (Å²) in [4.78, 5) is 43.1. The fourth-order valence-electron chi connectivity index (χ4n) is 3.49. The zero-order chi connectivity index (χ0) is 23.8. The van der Waals surface area contributed by atoms with E-state index < -0.39 is 29.1 Å². The quantitative estimate of drug-likeness (QED) is 0.535. The van der Waals surface area contributed by atoms with Crippen molar-refractivity contribution in [1.82, 2.24) is 15.2 Å². The highest BCUT2D eigenvalue weighted by Gasteiger charge is 2.49. The van der Waals surface area contributed by atoms with Gasteiger partial charge < -0.3 is 10.6 Å². The molecule has 2 heterocycles. The molecule has 1 atom stereocenters. The number of nitrogens with one attached hydrogen (secondary N) is 2. The lowest BCUT2D eigenvalue weighted by atomic mass is 9.92. The first-order valence-electron chi connectivity index (χ1n) is 10.0. The number of thiazole rings is 1. The number of urea groups is 1. The van der Waals surface area contributed by atoms with E-state index >= 15 is 0 Å². The van der Waals surface area contributed by atoms with Gasteiger partial charge in [0.2, 0.25) is 5.91 Å². The SMILES string of the molecule is Cc1ccc(NC(=O)Cc2nc(CN3C(=O)NC(C)(c4ccc(F)c(F)c4)C3=O)cs2)cc1. The Morgan fingerprint density at radius 2 is 1.88 bits per heavy atom. The molecule has 1 aromatic heterocycles. The van der Waals surface area contributed by atoms with Gasteiger partial charge in [0.05, 0.1) is 18.7 Å². The number of carbonyl (C=O) groups excluding carboxylic acids is 3. The Bertz CT molecular complexity index is 1240. The van der Waals surface area contributed by atoms with Crippen molar-refractivity contribution in [3.63, 3.8) is 0 Å². The molecule has 10 heteroatoms. The summed E-state index contributed by atoms with van der Waals surface area (Å²) in [7, 11) is 0. The van der Waals surface area contributed by atoms with E-state index in [1.54, 1.807) is 5.38 Å². The number of benzene rings is 2. The molecule has 1 fully saturated rings. The summed E-state index contributed by atoms with van der Waals surface area (Å²) in [5, 5.41) is 7.54. The molecule has 1 aliphatic rings. The van der Waals surface area contributed by atoms with Crippen LogP contribution in [0.5, 0.6) is 0 Å². The predicted octanol–water partition coefficient (Wildman–Crippen LogP) is 3.88. The number of carbonyl (C=O) groups is 3. The summed E-state index contributed by atoms with van der Waals surface area (Å²) < 4.78 is 27.0. The van der Waals surface area contributed by atoms with Gasteiger partial charge in [0.15, 0.2) is 11.6 Å². The van der Waals surface area contributed by atoms with Crippen LogP contribution in [0.1, 0.15) is 28.8 Å². The maximum Gasteiger partial charge on any atom is 0.325 e. The molecule has 4 amide bonds. The molecule has 170 valence electrons. The molecule has 7 nitrogen and oxygen atoms in total. The van der Waals surface area contributed by atoms with Crippen LogP contribution in [0.3, 0.4) is 0 Å². The van der Waals surface area contributed by atoms with Crippen LogP contribution < -0.4 is 10.6 Å². The summed E-state index contributed by atoms with van der Waals surface area (Å²) in [6, 6.07) is 9.79. The molecule has 0 aliphatic carbocycles. The molecule has 0 spiro atoms. The maximum absolute atomic E-state index is 13.7. The van der Waals surface area contributed by atoms with Gasteiger partial charge in [0.25, 0.3) is 5.91 Å². The molecule has 1 aliphatic heterocycles. The maximum atomic E-state index is 13.7. The molecule has 1 unspecified atom stereocenters. The van der Waals surface area contributed by atoms with Crippen LogP contribution in [0, 0.1) is 18.6 Å². The highest BCUT2D eigenvalue weighted by atomic mass is 32.1. The fraction of sp³-hybridized carbons (Fsp3) is 0.217. The van der Waals surface area contributed by atoms with Crippen molar-refractivity contribution in [3.8, 4) is 0 Å². The van der Waals surface area contributed by atoms with Gasteiger partial charge in [-0.1, -0.05) is 23.8 Å². The minimum atomic E-state index is -1.53. The Morgan fingerprint density at radius 3 is 2.58 bits per heavy atom. The van der Waals surface area contributed by atoms with E-state index in [-0.39, 0.29) is 24.4 Å². The molecule has 0 radical (unpaired) electrons. The zero-order valence-electron chi connectivity index (χ0n) is 17.8. The summed E-state index contributed by atoms with van der Waals surface area (Å²) in [6.07, 6.45) is 0.0469. The number of halogens is 2. The lowest BCUT2D eigenvalue weighted by Crippen LogP contribution is -2.41. The van der Waals surface area contributed by atoms with Crippen LogP contribution in [0.25, 0.3) is 0 Å². The number of hydrogen-bond acceptors (Lipinski definition) is 5. The molecular formula is C23H20F2N4O3S. The van der Waals surface area contributed by atoms with E-state index in [0.29, 0.717) is 16.4 Å². The Balaban J connectivity index is 1.42. The van der Waals surface area contributed by atoms with Crippen LogP contribution in [-0.2, 0) is 28.1 Å². The highest BCUT2D eigenvalue weighted by molar-refractivity contribution is 7.09. The van der Waals surface area contributed by atoms with Crippen LogP contribution >= 0.6 is 11.3 Å². The Kier molecular flexibility index (Phi) is 5.94. The van der Waals surface area contributed by atoms with E-state index in [0.717, 1.165) is 22.6 Å². The molecule has 3 aromatic rings. The number of aryl methyl sites for hydroxylation is 1. The average molecular weight is 471 g/mol. The van der Waals surface area contributed by atoms with Gasteiger partial charge in [-0.15, -0.1) is 11.3 Å². The van der Waals surface area contributed by atoms with Crippen molar-refractivity contribution in [3.05, 3.63) is 81.3 Å². The fourth-order valence-corrected chi connectivity index (χ4v) is 4.27. The highest BCUT2D eigenvalue weighted by Crippen LogP contribution is 2.31. The van der Waals surface area contributed by atoms with Gasteiger partial charge in [-0.05, 0) is 43.7 Å². The van der Waals surface area contributed by atoms with Gasteiger partial charge in [0.1, 0.15) is 10.5 Å². The van der Waals surface area contributed by atoms with Gasteiger partial charge in [-0.3, -0.25) is 14.5 Å². The number of rotatable bonds is 6. The normalized spacial score (nSPS) is 17.9. The third kappa shape index (κ3) is 4.61. The smallest absolute Gasteiger partial charge is 0.325 e. The first-order valence-corrected chi connectivity index (χ1v) is 10.9. The number of nitrogens with zero attached hydrogens (tertiary/aromatic N) is 2. The number of imide groups is 1. The van der Waals surface area contributed by atoms with Crippen LogP contribution in [0.15, 0.2) is 47.8 Å². The lowest BCUT2D eigenvalue weighted by Gasteiger charge is -2.22. The minimum Gasteiger partial charge on any atom is -0.326 e. The van der Waals surface area contributed by atoms with E-state index in [4.69, 9.17) is 0 Å². The molecule has 2 aromatic carbocycles.